The van der Waals surface area contributed by atoms with E-state index in [1.165, 1.54) is 32.4 Å². The first-order valence-corrected chi connectivity index (χ1v) is 4.61. The molecular formula is C9H17NO. The number of aliphatic hydroxyl groups excluding tert-OH is 1. The molecule has 1 atom stereocenters. The normalized spacial score (nSPS) is 31.1. The fraction of sp³-hybridized carbons (Fsp3) is 1.00. The van der Waals surface area contributed by atoms with Crippen LogP contribution in [0, 0.1) is 5.41 Å². The minimum absolute atomic E-state index is 0.316. The molecule has 0 aromatic rings. The molecule has 2 nitrogen and oxygen atoms in total. The number of likely N-dealkylation sites (tertiary alicyclic amines) is 1. The highest BCUT2D eigenvalue weighted by atomic mass is 16.3. The maximum Gasteiger partial charge on any atom is 0.0584 e. The number of hydrogen-bond donors (Lipinski definition) is 1. The second-order valence-corrected chi connectivity index (χ2v) is 4.29. The van der Waals surface area contributed by atoms with Crippen molar-refractivity contribution < 1.29 is 5.11 Å². The first kappa shape index (κ1) is 7.56. The molecule has 1 saturated heterocycles. The maximum absolute atomic E-state index is 8.89. The van der Waals surface area contributed by atoms with E-state index in [2.05, 4.69) is 11.8 Å². The van der Waals surface area contributed by atoms with Crippen LogP contribution in [-0.4, -0.2) is 35.7 Å². The highest BCUT2D eigenvalue weighted by molar-refractivity contribution is 5.01. The second kappa shape index (κ2) is 2.46. The van der Waals surface area contributed by atoms with E-state index in [-0.39, 0.29) is 0 Å². The largest absolute Gasteiger partial charge is 0.395 e. The van der Waals surface area contributed by atoms with Crippen molar-refractivity contribution >= 4 is 0 Å². The summed E-state index contributed by atoms with van der Waals surface area (Å²) in [6.07, 6.45) is 4.30. The fourth-order valence-electron chi connectivity index (χ4n) is 2.24. The molecule has 1 heterocycles. The third-order valence-electron chi connectivity index (χ3n) is 3.38. The Labute approximate surface area is 68.2 Å². The molecule has 2 heteroatoms. The van der Waals surface area contributed by atoms with Gasteiger partial charge >= 0.3 is 0 Å². The maximum atomic E-state index is 8.89. The van der Waals surface area contributed by atoms with Crippen LogP contribution in [0.25, 0.3) is 0 Å². The Morgan fingerprint density at radius 2 is 2.09 bits per heavy atom. The molecule has 1 spiro atoms. The van der Waals surface area contributed by atoms with E-state index in [0.29, 0.717) is 18.1 Å². The van der Waals surface area contributed by atoms with Gasteiger partial charge in [0.2, 0.25) is 0 Å². The van der Waals surface area contributed by atoms with Gasteiger partial charge in [0, 0.05) is 19.1 Å². The molecule has 2 fully saturated rings. The van der Waals surface area contributed by atoms with Gasteiger partial charge in [0.25, 0.3) is 0 Å². The Hall–Kier alpha value is -0.0800. The van der Waals surface area contributed by atoms with Gasteiger partial charge in [-0.05, 0) is 25.2 Å². The summed E-state index contributed by atoms with van der Waals surface area (Å²) in [6.45, 7) is 4.91. The minimum Gasteiger partial charge on any atom is -0.395 e. The van der Waals surface area contributed by atoms with E-state index in [1.54, 1.807) is 0 Å². The van der Waals surface area contributed by atoms with E-state index in [4.69, 9.17) is 5.11 Å². The van der Waals surface area contributed by atoms with Gasteiger partial charge in [0.1, 0.15) is 0 Å². The van der Waals surface area contributed by atoms with Gasteiger partial charge in [-0.1, -0.05) is 6.42 Å². The summed E-state index contributed by atoms with van der Waals surface area (Å²) in [7, 11) is 0. The van der Waals surface area contributed by atoms with Crippen molar-refractivity contribution in [3.05, 3.63) is 0 Å². The summed E-state index contributed by atoms with van der Waals surface area (Å²) in [4.78, 5) is 2.39. The van der Waals surface area contributed by atoms with E-state index < -0.39 is 0 Å². The van der Waals surface area contributed by atoms with Crippen molar-refractivity contribution in [2.45, 2.75) is 32.2 Å². The Kier molecular flexibility index (Phi) is 1.69. The monoisotopic (exact) mass is 155 g/mol. The highest BCUT2D eigenvalue weighted by Crippen LogP contribution is 2.48. The van der Waals surface area contributed by atoms with Crippen molar-refractivity contribution in [1.82, 2.24) is 4.90 Å². The molecule has 1 aliphatic carbocycles. The standard InChI is InChI=1S/C9H17NO/c1-8(5-11)10-6-9(7-10)3-2-4-9/h8,11H,2-7H2,1H3/t8-/m1/s1. The van der Waals surface area contributed by atoms with Gasteiger partial charge in [-0.2, -0.15) is 0 Å². The highest BCUT2D eigenvalue weighted by Gasteiger charge is 2.48. The molecule has 64 valence electrons. The van der Waals surface area contributed by atoms with E-state index in [1.807, 2.05) is 0 Å². The van der Waals surface area contributed by atoms with Crippen LogP contribution in [0.4, 0.5) is 0 Å². The smallest absolute Gasteiger partial charge is 0.0584 e. The molecule has 2 rings (SSSR count). The third kappa shape index (κ3) is 1.09. The van der Waals surface area contributed by atoms with Gasteiger partial charge in [-0.3, -0.25) is 4.90 Å². The summed E-state index contributed by atoms with van der Waals surface area (Å²) in [5, 5.41) is 8.89. The Morgan fingerprint density at radius 3 is 2.45 bits per heavy atom. The predicted octanol–water partition coefficient (Wildman–Crippen LogP) is 0.853. The fourth-order valence-corrected chi connectivity index (χ4v) is 2.24. The van der Waals surface area contributed by atoms with Gasteiger partial charge in [0.05, 0.1) is 6.61 Å². The van der Waals surface area contributed by atoms with E-state index >= 15 is 0 Å². The van der Waals surface area contributed by atoms with Crippen LogP contribution in [-0.2, 0) is 0 Å². The topological polar surface area (TPSA) is 23.5 Å². The zero-order valence-electron chi connectivity index (χ0n) is 7.21. The molecule has 1 saturated carbocycles. The number of hydrogen-bond acceptors (Lipinski definition) is 2. The quantitative estimate of drug-likeness (QED) is 0.639. The Bertz CT molecular complexity index is 146. The lowest BCUT2D eigenvalue weighted by atomic mass is 9.63. The zero-order chi connectivity index (χ0) is 7.90. The first-order valence-electron chi connectivity index (χ1n) is 4.61. The molecular weight excluding hydrogens is 138 g/mol. The second-order valence-electron chi connectivity index (χ2n) is 4.29. The van der Waals surface area contributed by atoms with Crippen molar-refractivity contribution in [2.75, 3.05) is 19.7 Å². The molecule has 0 amide bonds. The molecule has 2 aliphatic rings. The van der Waals surface area contributed by atoms with Crippen molar-refractivity contribution in [2.24, 2.45) is 5.41 Å². The average Bonchev–Trinajstić information content (AvgIpc) is 1.81. The van der Waals surface area contributed by atoms with Crippen LogP contribution < -0.4 is 0 Å². The molecule has 1 aliphatic heterocycles. The average molecular weight is 155 g/mol. The summed E-state index contributed by atoms with van der Waals surface area (Å²) < 4.78 is 0. The van der Waals surface area contributed by atoms with Gasteiger partial charge in [0.15, 0.2) is 0 Å². The molecule has 0 aromatic heterocycles. The van der Waals surface area contributed by atoms with Crippen LogP contribution in [0.15, 0.2) is 0 Å². The number of nitrogens with zero attached hydrogens (tertiary/aromatic N) is 1. The predicted molar refractivity (Wildman–Crippen MR) is 44.4 cm³/mol. The Balaban J connectivity index is 1.78. The van der Waals surface area contributed by atoms with E-state index in [0.717, 1.165) is 0 Å². The number of rotatable bonds is 2. The van der Waals surface area contributed by atoms with Gasteiger partial charge in [-0.25, -0.2) is 0 Å². The van der Waals surface area contributed by atoms with Gasteiger partial charge in [-0.15, -0.1) is 0 Å². The van der Waals surface area contributed by atoms with Crippen molar-refractivity contribution in [3.63, 3.8) is 0 Å². The summed E-state index contributed by atoms with van der Waals surface area (Å²) in [5.41, 5.74) is 0.712. The SMILES string of the molecule is C[C@H](CO)N1CC2(CCC2)C1. The summed E-state index contributed by atoms with van der Waals surface area (Å²) in [5.74, 6) is 0. The molecule has 0 unspecified atom stereocenters. The van der Waals surface area contributed by atoms with Gasteiger partial charge < -0.3 is 5.11 Å². The molecule has 0 bridgehead atoms. The van der Waals surface area contributed by atoms with Crippen molar-refractivity contribution in [1.29, 1.82) is 0 Å². The molecule has 11 heavy (non-hydrogen) atoms. The lowest BCUT2D eigenvalue weighted by Gasteiger charge is -2.57. The molecule has 0 aromatic carbocycles. The van der Waals surface area contributed by atoms with Crippen molar-refractivity contribution in [3.8, 4) is 0 Å². The number of aliphatic hydroxyl groups is 1. The van der Waals surface area contributed by atoms with Crippen LogP contribution in [0.5, 0.6) is 0 Å². The van der Waals surface area contributed by atoms with E-state index in [9.17, 15) is 0 Å². The summed E-state index contributed by atoms with van der Waals surface area (Å²) in [6, 6.07) is 0.390. The first-order chi connectivity index (χ1) is 5.26. The summed E-state index contributed by atoms with van der Waals surface area (Å²) >= 11 is 0. The molecule has 1 N–H and O–H groups in total. The third-order valence-corrected chi connectivity index (χ3v) is 3.38. The lowest BCUT2D eigenvalue weighted by molar-refractivity contribution is -0.0878. The van der Waals surface area contributed by atoms with Crippen LogP contribution >= 0.6 is 0 Å². The van der Waals surface area contributed by atoms with Crippen LogP contribution in [0.1, 0.15) is 26.2 Å². The molecule has 0 radical (unpaired) electrons. The van der Waals surface area contributed by atoms with Crippen LogP contribution in [0.2, 0.25) is 0 Å². The zero-order valence-corrected chi connectivity index (χ0v) is 7.21. The minimum atomic E-state index is 0.316. The Morgan fingerprint density at radius 1 is 1.45 bits per heavy atom. The lowest BCUT2D eigenvalue weighted by Crippen LogP contribution is -2.62. The van der Waals surface area contributed by atoms with Crippen LogP contribution in [0.3, 0.4) is 0 Å².